The highest BCUT2D eigenvalue weighted by molar-refractivity contribution is 5.77. The number of hydrogen-bond donors (Lipinski definition) is 2. The van der Waals surface area contributed by atoms with Crippen LogP contribution in [0.2, 0.25) is 0 Å². The van der Waals surface area contributed by atoms with Crippen LogP contribution in [0.3, 0.4) is 0 Å². The third-order valence-electron chi connectivity index (χ3n) is 5.58. The smallest absolute Gasteiger partial charge is 0.223 e. The average molecular weight is 295 g/mol. The highest BCUT2D eigenvalue weighted by atomic mass is 16.3. The maximum Gasteiger partial charge on any atom is 0.223 e. The van der Waals surface area contributed by atoms with E-state index < -0.39 is 5.60 Å². The third kappa shape index (κ3) is 4.98. The minimum absolute atomic E-state index is 0.0543. The predicted molar refractivity (Wildman–Crippen MR) is 86.0 cm³/mol. The minimum atomic E-state index is -0.719. The van der Waals surface area contributed by atoms with E-state index in [9.17, 15) is 9.90 Å². The van der Waals surface area contributed by atoms with E-state index in [2.05, 4.69) is 26.1 Å². The van der Waals surface area contributed by atoms with E-state index in [1.165, 1.54) is 19.3 Å². The quantitative estimate of drug-likeness (QED) is 0.778. The van der Waals surface area contributed by atoms with Crippen molar-refractivity contribution in [3.05, 3.63) is 0 Å². The van der Waals surface area contributed by atoms with Gasteiger partial charge in [-0.05, 0) is 49.9 Å². The van der Waals surface area contributed by atoms with Crippen LogP contribution in [0.1, 0.15) is 85.0 Å². The van der Waals surface area contributed by atoms with Gasteiger partial charge in [0.05, 0.1) is 12.0 Å². The highest BCUT2D eigenvalue weighted by Crippen LogP contribution is 2.37. The number of nitrogens with one attached hydrogen (secondary N) is 1. The molecular formula is C18H33NO2. The van der Waals surface area contributed by atoms with Gasteiger partial charge in [-0.2, -0.15) is 0 Å². The monoisotopic (exact) mass is 295 g/mol. The number of hydrogen-bond acceptors (Lipinski definition) is 2. The number of aliphatic hydroxyl groups is 1. The van der Waals surface area contributed by atoms with Crippen LogP contribution in [0.5, 0.6) is 0 Å². The molecule has 2 aliphatic carbocycles. The molecule has 3 heteroatoms. The normalized spacial score (nSPS) is 29.9. The number of carbonyl (C=O) groups is 1. The molecule has 0 heterocycles. The maximum atomic E-state index is 12.2. The Kier molecular flexibility index (Phi) is 5.34. The van der Waals surface area contributed by atoms with Gasteiger partial charge in [-0.25, -0.2) is 0 Å². The summed E-state index contributed by atoms with van der Waals surface area (Å²) in [6.07, 6.45) is 9.86. The zero-order chi connectivity index (χ0) is 15.5. The van der Waals surface area contributed by atoms with Crippen molar-refractivity contribution in [3.63, 3.8) is 0 Å². The summed E-state index contributed by atoms with van der Waals surface area (Å²) < 4.78 is 0. The first-order chi connectivity index (χ1) is 9.78. The molecule has 1 amide bonds. The molecule has 0 radical (unpaired) electrons. The van der Waals surface area contributed by atoms with Crippen LogP contribution in [0.15, 0.2) is 0 Å². The van der Waals surface area contributed by atoms with Crippen molar-refractivity contribution in [2.45, 2.75) is 96.6 Å². The Labute approximate surface area is 129 Å². The van der Waals surface area contributed by atoms with Gasteiger partial charge >= 0.3 is 0 Å². The van der Waals surface area contributed by atoms with Crippen molar-refractivity contribution in [2.24, 2.45) is 11.3 Å². The fraction of sp³-hybridized carbons (Fsp3) is 0.944. The Morgan fingerprint density at radius 1 is 1.10 bits per heavy atom. The molecular weight excluding hydrogens is 262 g/mol. The van der Waals surface area contributed by atoms with Crippen molar-refractivity contribution < 1.29 is 9.90 Å². The van der Waals surface area contributed by atoms with E-state index in [1.54, 1.807) is 0 Å². The van der Waals surface area contributed by atoms with Crippen LogP contribution in [0, 0.1) is 11.3 Å². The molecule has 2 aliphatic rings. The molecule has 0 aromatic heterocycles. The Morgan fingerprint density at radius 2 is 1.76 bits per heavy atom. The summed E-state index contributed by atoms with van der Waals surface area (Å²) >= 11 is 0. The Hall–Kier alpha value is -0.570. The van der Waals surface area contributed by atoms with Gasteiger partial charge < -0.3 is 10.4 Å². The highest BCUT2D eigenvalue weighted by Gasteiger charge is 2.34. The predicted octanol–water partition coefficient (Wildman–Crippen LogP) is 3.79. The molecule has 0 aromatic carbocycles. The van der Waals surface area contributed by atoms with Crippen LogP contribution >= 0.6 is 0 Å². The second-order valence-electron chi connectivity index (χ2n) is 8.44. The topological polar surface area (TPSA) is 49.3 Å². The molecule has 2 fully saturated rings. The van der Waals surface area contributed by atoms with Gasteiger partial charge in [0.15, 0.2) is 0 Å². The lowest BCUT2D eigenvalue weighted by atomic mass is 9.76. The number of amides is 1. The summed E-state index contributed by atoms with van der Waals surface area (Å²) in [6.45, 7) is 6.98. The van der Waals surface area contributed by atoms with Gasteiger partial charge in [0.2, 0.25) is 5.91 Å². The molecule has 2 rings (SSSR count). The standard InChI is InChI=1S/C18H33NO2/c1-17(2,3)14-7-6-8-15(10-9-14)19-16(20)13-18(21)11-4-5-12-18/h14-15,21H,4-13H2,1-3H3,(H,19,20)/t14-,15-/m1/s1. The number of rotatable bonds is 3. The second-order valence-corrected chi connectivity index (χ2v) is 8.44. The van der Waals surface area contributed by atoms with Crippen molar-refractivity contribution in [2.75, 3.05) is 0 Å². The van der Waals surface area contributed by atoms with Crippen molar-refractivity contribution in [1.82, 2.24) is 5.32 Å². The van der Waals surface area contributed by atoms with Crippen molar-refractivity contribution in [3.8, 4) is 0 Å². The molecule has 0 spiro atoms. The van der Waals surface area contributed by atoms with E-state index in [-0.39, 0.29) is 5.91 Å². The Morgan fingerprint density at radius 3 is 2.38 bits per heavy atom. The van der Waals surface area contributed by atoms with Crippen LogP contribution in [-0.4, -0.2) is 22.7 Å². The first kappa shape index (κ1) is 16.8. The molecule has 2 atom stereocenters. The summed E-state index contributed by atoms with van der Waals surface area (Å²) in [5.41, 5.74) is -0.347. The SMILES string of the molecule is CC(C)(C)[C@@H]1CCC[C@@H](NC(=O)CC2(O)CCCC2)CC1. The van der Waals surface area contributed by atoms with Gasteiger partial charge in [-0.15, -0.1) is 0 Å². The van der Waals surface area contributed by atoms with E-state index in [4.69, 9.17) is 0 Å². The molecule has 2 N–H and O–H groups in total. The van der Waals surface area contributed by atoms with E-state index in [1.807, 2.05) is 0 Å². The maximum absolute atomic E-state index is 12.2. The zero-order valence-electron chi connectivity index (χ0n) is 14.1. The van der Waals surface area contributed by atoms with Crippen LogP contribution < -0.4 is 5.32 Å². The summed E-state index contributed by atoms with van der Waals surface area (Å²) in [5, 5.41) is 13.5. The summed E-state index contributed by atoms with van der Waals surface area (Å²) in [6, 6.07) is 0.315. The van der Waals surface area contributed by atoms with Crippen LogP contribution in [0.25, 0.3) is 0 Å². The molecule has 0 aliphatic heterocycles. The average Bonchev–Trinajstić information content (AvgIpc) is 2.63. The van der Waals surface area contributed by atoms with E-state index >= 15 is 0 Å². The first-order valence-electron chi connectivity index (χ1n) is 8.80. The van der Waals surface area contributed by atoms with E-state index in [0.717, 1.165) is 44.4 Å². The van der Waals surface area contributed by atoms with Crippen molar-refractivity contribution >= 4 is 5.91 Å². The molecule has 122 valence electrons. The summed E-state index contributed by atoms with van der Waals surface area (Å²) in [5.74, 6) is 0.817. The molecule has 0 unspecified atom stereocenters. The largest absolute Gasteiger partial charge is 0.389 e. The molecule has 21 heavy (non-hydrogen) atoms. The first-order valence-corrected chi connectivity index (χ1v) is 8.80. The van der Waals surface area contributed by atoms with Crippen molar-refractivity contribution in [1.29, 1.82) is 0 Å². The van der Waals surface area contributed by atoms with Crippen LogP contribution in [0.4, 0.5) is 0 Å². The summed E-state index contributed by atoms with van der Waals surface area (Å²) in [4.78, 5) is 12.2. The van der Waals surface area contributed by atoms with Gasteiger partial charge in [-0.1, -0.05) is 40.0 Å². The molecule has 3 nitrogen and oxygen atoms in total. The van der Waals surface area contributed by atoms with Gasteiger partial charge in [0, 0.05) is 6.04 Å². The fourth-order valence-electron chi connectivity index (χ4n) is 4.10. The lowest BCUT2D eigenvalue weighted by Crippen LogP contribution is -2.39. The Balaban J connectivity index is 1.79. The van der Waals surface area contributed by atoms with Gasteiger partial charge in [-0.3, -0.25) is 4.79 Å². The molecule has 0 saturated heterocycles. The lowest BCUT2D eigenvalue weighted by molar-refractivity contribution is -0.126. The van der Waals surface area contributed by atoms with Crippen LogP contribution in [-0.2, 0) is 4.79 Å². The van der Waals surface area contributed by atoms with Gasteiger partial charge in [0.1, 0.15) is 0 Å². The third-order valence-corrected chi connectivity index (χ3v) is 5.58. The fourth-order valence-corrected chi connectivity index (χ4v) is 4.10. The second kappa shape index (κ2) is 6.68. The molecule has 0 bridgehead atoms. The molecule has 2 saturated carbocycles. The summed E-state index contributed by atoms with van der Waals surface area (Å²) in [7, 11) is 0. The molecule has 0 aromatic rings. The lowest BCUT2D eigenvalue weighted by Gasteiger charge is -2.29. The minimum Gasteiger partial charge on any atom is -0.389 e. The van der Waals surface area contributed by atoms with E-state index in [0.29, 0.717) is 17.9 Å². The van der Waals surface area contributed by atoms with Gasteiger partial charge in [0.25, 0.3) is 0 Å². The zero-order valence-corrected chi connectivity index (χ0v) is 14.1. The Bertz CT molecular complexity index is 353. The number of carbonyl (C=O) groups excluding carboxylic acids is 1.